The fourth-order valence-corrected chi connectivity index (χ4v) is 1.37. The summed E-state index contributed by atoms with van der Waals surface area (Å²) < 4.78 is 14.0. The zero-order valence-corrected chi connectivity index (χ0v) is 9.38. The molecule has 94 valence electrons. The van der Waals surface area contributed by atoms with Crippen LogP contribution < -0.4 is 5.32 Å². The van der Waals surface area contributed by atoms with Crippen LogP contribution in [0.25, 0.3) is 0 Å². The van der Waals surface area contributed by atoms with Gasteiger partial charge < -0.3 is 10.4 Å². The number of aliphatic hydroxyl groups excluding tert-OH is 1. The second-order valence-corrected chi connectivity index (χ2v) is 3.62. The molecule has 0 aliphatic carbocycles. The first-order valence-electron chi connectivity index (χ1n) is 5.22. The number of aliphatic hydroxyl groups is 1. The van der Waals surface area contributed by atoms with E-state index in [9.17, 15) is 9.18 Å². The Kier molecular flexibility index (Phi) is 3.63. The molecule has 1 amide bonds. The number of aromatic nitrogens is 3. The van der Waals surface area contributed by atoms with Gasteiger partial charge in [-0.2, -0.15) is 0 Å². The Bertz CT molecular complexity index is 538. The predicted octanol–water partition coefficient (Wildman–Crippen LogP) is 0.548. The summed E-state index contributed by atoms with van der Waals surface area (Å²) in [6.45, 7) is -0.246. The van der Waals surface area contributed by atoms with Crippen molar-refractivity contribution in [2.75, 3.05) is 5.32 Å². The number of hydrogen-bond donors (Lipinski definition) is 2. The average molecular weight is 250 g/mol. The summed E-state index contributed by atoms with van der Waals surface area (Å²) in [5.41, 5.74) is 0.897. The van der Waals surface area contributed by atoms with Crippen molar-refractivity contribution in [2.45, 2.75) is 13.2 Å². The van der Waals surface area contributed by atoms with Gasteiger partial charge in [-0.3, -0.25) is 4.79 Å². The van der Waals surface area contributed by atoms with E-state index in [0.29, 0.717) is 11.4 Å². The minimum Gasteiger partial charge on any atom is -0.390 e. The molecule has 6 nitrogen and oxygen atoms in total. The van der Waals surface area contributed by atoms with Crippen molar-refractivity contribution in [1.82, 2.24) is 15.0 Å². The fraction of sp³-hybridized carbons (Fsp3) is 0.182. The summed E-state index contributed by atoms with van der Waals surface area (Å²) in [6.07, 6.45) is 1.48. The van der Waals surface area contributed by atoms with E-state index in [1.54, 1.807) is 0 Å². The maximum atomic E-state index is 12.7. The van der Waals surface area contributed by atoms with Crippen molar-refractivity contribution in [3.8, 4) is 0 Å². The van der Waals surface area contributed by atoms with E-state index in [1.165, 1.54) is 35.1 Å². The number of nitrogens with zero attached hydrogens (tertiary/aromatic N) is 3. The van der Waals surface area contributed by atoms with E-state index in [1.807, 2.05) is 0 Å². The highest BCUT2D eigenvalue weighted by atomic mass is 19.1. The normalized spacial score (nSPS) is 10.3. The highest BCUT2D eigenvalue weighted by Crippen LogP contribution is 2.08. The molecule has 0 spiro atoms. The first-order chi connectivity index (χ1) is 8.67. The summed E-state index contributed by atoms with van der Waals surface area (Å²) in [4.78, 5) is 11.6. The third kappa shape index (κ3) is 3.11. The lowest BCUT2D eigenvalue weighted by atomic mass is 10.3. The number of carbonyl (C=O) groups excluding carboxylic acids is 1. The van der Waals surface area contributed by atoms with Gasteiger partial charge in [0.05, 0.1) is 12.8 Å². The van der Waals surface area contributed by atoms with E-state index in [-0.39, 0.29) is 24.9 Å². The number of halogens is 1. The summed E-state index contributed by atoms with van der Waals surface area (Å²) in [5, 5.41) is 18.7. The van der Waals surface area contributed by atoms with Gasteiger partial charge in [0.25, 0.3) is 0 Å². The van der Waals surface area contributed by atoms with Crippen LogP contribution in [0.4, 0.5) is 10.1 Å². The zero-order chi connectivity index (χ0) is 13.0. The third-order valence-corrected chi connectivity index (χ3v) is 2.18. The van der Waals surface area contributed by atoms with Crippen LogP contribution in [0.1, 0.15) is 5.69 Å². The van der Waals surface area contributed by atoms with Crippen molar-refractivity contribution in [2.24, 2.45) is 0 Å². The number of benzene rings is 1. The molecular formula is C11H11FN4O2. The molecule has 0 atom stereocenters. The van der Waals surface area contributed by atoms with Gasteiger partial charge in [0.2, 0.25) is 5.91 Å². The maximum absolute atomic E-state index is 12.7. The van der Waals surface area contributed by atoms with Gasteiger partial charge in [-0.05, 0) is 24.3 Å². The molecule has 0 bridgehead atoms. The monoisotopic (exact) mass is 250 g/mol. The molecule has 2 aromatic rings. The summed E-state index contributed by atoms with van der Waals surface area (Å²) in [5.74, 6) is -0.673. The first-order valence-corrected chi connectivity index (χ1v) is 5.22. The molecule has 0 fully saturated rings. The number of hydrogen-bond acceptors (Lipinski definition) is 4. The number of amides is 1. The highest BCUT2D eigenvalue weighted by Gasteiger charge is 2.06. The van der Waals surface area contributed by atoms with Gasteiger partial charge in [0.15, 0.2) is 0 Å². The zero-order valence-electron chi connectivity index (χ0n) is 9.38. The minimum atomic E-state index is -0.364. The van der Waals surface area contributed by atoms with Crippen molar-refractivity contribution in [3.05, 3.63) is 42.0 Å². The Morgan fingerprint density at radius 3 is 2.72 bits per heavy atom. The molecule has 0 unspecified atom stereocenters. The predicted molar refractivity (Wildman–Crippen MR) is 61.0 cm³/mol. The Morgan fingerprint density at radius 1 is 1.39 bits per heavy atom. The first kappa shape index (κ1) is 12.2. The van der Waals surface area contributed by atoms with Gasteiger partial charge >= 0.3 is 0 Å². The second-order valence-electron chi connectivity index (χ2n) is 3.62. The Morgan fingerprint density at radius 2 is 2.11 bits per heavy atom. The quantitative estimate of drug-likeness (QED) is 0.830. The van der Waals surface area contributed by atoms with Crippen molar-refractivity contribution < 1.29 is 14.3 Å². The third-order valence-electron chi connectivity index (χ3n) is 2.18. The molecule has 7 heteroatoms. The Hall–Kier alpha value is -2.28. The molecule has 2 rings (SSSR count). The molecule has 0 radical (unpaired) electrons. The number of rotatable bonds is 4. The van der Waals surface area contributed by atoms with E-state index in [0.717, 1.165) is 0 Å². The molecular weight excluding hydrogens is 239 g/mol. The molecule has 2 N–H and O–H groups in total. The lowest BCUT2D eigenvalue weighted by Crippen LogP contribution is -2.19. The number of nitrogens with one attached hydrogen (secondary N) is 1. The molecule has 1 heterocycles. The van der Waals surface area contributed by atoms with Crippen LogP contribution in [0.2, 0.25) is 0 Å². The molecule has 1 aromatic carbocycles. The van der Waals surface area contributed by atoms with Crippen LogP contribution in [0, 0.1) is 5.82 Å². The highest BCUT2D eigenvalue weighted by molar-refractivity contribution is 5.90. The summed E-state index contributed by atoms with van der Waals surface area (Å²) in [7, 11) is 0. The number of anilines is 1. The van der Waals surface area contributed by atoms with Crippen LogP contribution in [-0.4, -0.2) is 26.0 Å². The smallest absolute Gasteiger partial charge is 0.246 e. The Labute approximate surface area is 102 Å². The van der Waals surface area contributed by atoms with E-state index < -0.39 is 0 Å². The van der Waals surface area contributed by atoms with Gasteiger partial charge in [-0.15, -0.1) is 5.10 Å². The largest absolute Gasteiger partial charge is 0.390 e. The lowest BCUT2D eigenvalue weighted by Gasteiger charge is -2.04. The summed E-state index contributed by atoms with van der Waals surface area (Å²) in [6, 6.07) is 5.45. The van der Waals surface area contributed by atoms with E-state index in [4.69, 9.17) is 5.11 Å². The molecule has 0 saturated carbocycles. The number of carbonyl (C=O) groups is 1. The van der Waals surface area contributed by atoms with Crippen LogP contribution in [-0.2, 0) is 17.9 Å². The lowest BCUT2D eigenvalue weighted by molar-refractivity contribution is -0.116. The molecule has 0 aliphatic rings. The van der Waals surface area contributed by atoms with Gasteiger partial charge in [0.1, 0.15) is 18.1 Å². The van der Waals surface area contributed by atoms with Gasteiger partial charge in [-0.25, -0.2) is 9.07 Å². The van der Waals surface area contributed by atoms with E-state index >= 15 is 0 Å². The average Bonchev–Trinajstić information content (AvgIpc) is 2.79. The maximum Gasteiger partial charge on any atom is 0.246 e. The second kappa shape index (κ2) is 5.37. The van der Waals surface area contributed by atoms with Gasteiger partial charge in [-0.1, -0.05) is 5.21 Å². The van der Waals surface area contributed by atoms with Crippen LogP contribution in [0.3, 0.4) is 0 Å². The Balaban J connectivity index is 1.94. The minimum absolute atomic E-state index is 0.0234. The molecule has 0 aliphatic heterocycles. The summed E-state index contributed by atoms with van der Waals surface area (Å²) >= 11 is 0. The molecule has 1 aromatic heterocycles. The van der Waals surface area contributed by atoms with Crippen molar-refractivity contribution in [3.63, 3.8) is 0 Å². The van der Waals surface area contributed by atoms with Crippen molar-refractivity contribution >= 4 is 11.6 Å². The van der Waals surface area contributed by atoms with Crippen molar-refractivity contribution in [1.29, 1.82) is 0 Å². The van der Waals surface area contributed by atoms with Crippen LogP contribution in [0.5, 0.6) is 0 Å². The van der Waals surface area contributed by atoms with Gasteiger partial charge in [0, 0.05) is 5.69 Å². The topological polar surface area (TPSA) is 80.0 Å². The standard InChI is InChI=1S/C11H11FN4O2/c12-8-1-3-9(4-2-8)13-11(18)6-16-5-10(7-17)14-15-16/h1-5,17H,6-7H2,(H,13,18). The fourth-order valence-electron chi connectivity index (χ4n) is 1.37. The van der Waals surface area contributed by atoms with Crippen LogP contribution >= 0.6 is 0 Å². The van der Waals surface area contributed by atoms with E-state index in [2.05, 4.69) is 15.6 Å². The SMILES string of the molecule is O=C(Cn1cc(CO)nn1)Nc1ccc(F)cc1. The molecule has 18 heavy (non-hydrogen) atoms. The molecule has 0 saturated heterocycles. The van der Waals surface area contributed by atoms with Crippen LogP contribution in [0.15, 0.2) is 30.5 Å².